The van der Waals surface area contributed by atoms with Crippen LogP contribution in [0.25, 0.3) is 6.08 Å². The molecule has 0 bridgehead atoms. The van der Waals surface area contributed by atoms with Crippen LogP contribution in [0.2, 0.25) is 0 Å². The highest BCUT2D eigenvalue weighted by molar-refractivity contribution is 9.11. The highest BCUT2D eigenvalue weighted by Gasteiger charge is 2.43. The zero-order chi connectivity index (χ0) is 30.7. The van der Waals surface area contributed by atoms with Crippen LogP contribution in [-0.2, 0) is 14.4 Å². The van der Waals surface area contributed by atoms with Crippen molar-refractivity contribution in [1.29, 1.82) is 0 Å². The van der Waals surface area contributed by atoms with E-state index in [2.05, 4.69) is 37.2 Å². The number of urea groups is 1. The Labute approximate surface area is 265 Å². The summed E-state index contributed by atoms with van der Waals surface area (Å²) >= 11 is 6.93. The molecule has 1 aliphatic heterocycles. The SMILES string of the molecule is Cc1ccc(C)c(NC(=O)COc2c(Br)cc(Br)cc2C=C2C(=O)N(c3ccccc3)C(=O)N(c3ccccc3)C2=O)c1. The van der Waals surface area contributed by atoms with E-state index >= 15 is 0 Å². The van der Waals surface area contributed by atoms with E-state index in [1.54, 1.807) is 72.8 Å². The van der Waals surface area contributed by atoms with Gasteiger partial charge in [0, 0.05) is 15.7 Å². The van der Waals surface area contributed by atoms with E-state index in [0.29, 0.717) is 31.6 Å². The summed E-state index contributed by atoms with van der Waals surface area (Å²) in [4.78, 5) is 56.0. The number of ether oxygens (including phenoxy) is 1. The first-order valence-electron chi connectivity index (χ1n) is 13.2. The molecule has 1 saturated heterocycles. The summed E-state index contributed by atoms with van der Waals surface area (Å²) in [6.07, 6.45) is 1.37. The normalized spacial score (nSPS) is 13.3. The lowest BCUT2D eigenvalue weighted by atomic mass is 10.0. The van der Waals surface area contributed by atoms with Crippen molar-refractivity contribution in [3.63, 3.8) is 0 Å². The minimum Gasteiger partial charge on any atom is -0.482 e. The van der Waals surface area contributed by atoms with Crippen LogP contribution >= 0.6 is 31.9 Å². The summed E-state index contributed by atoms with van der Waals surface area (Å²) in [5, 5.41) is 2.86. The Morgan fingerprint density at radius 3 is 1.98 bits per heavy atom. The lowest BCUT2D eigenvalue weighted by Crippen LogP contribution is -2.57. The maximum absolute atomic E-state index is 13.8. The second kappa shape index (κ2) is 12.8. The molecule has 5 rings (SSSR count). The number of halogens is 2. The number of barbiturate groups is 1. The average Bonchev–Trinajstić information content (AvgIpc) is 2.98. The van der Waals surface area contributed by atoms with Crippen LogP contribution in [0.5, 0.6) is 5.75 Å². The third-order valence-electron chi connectivity index (χ3n) is 6.63. The van der Waals surface area contributed by atoms with E-state index in [1.807, 2.05) is 32.0 Å². The van der Waals surface area contributed by atoms with Gasteiger partial charge in [0.2, 0.25) is 0 Å². The van der Waals surface area contributed by atoms with Crippen molar-refractivity contribution in [3.05, 3.63) is 122 Å². The summed E-state index contributed by atoms with van der Waals surface area (Å²) in [6, 6.07) is 25.1. The first-order valence-corrected chi connectivity index (χ1v) is 14.8. The molecule has 1 heterocycles. The van der Waals surface area contributed by atoms with Crippen LogP contribution in [-0.4, -0.2) is 30.4 Å². The molecule has 0 aliphatic carbocycles. The largest absolute Gasteiger partial charge is 0.482 e. The van der Waals surface area contributed by atoms with Crippen LogP contribution in [0.15, 0.2) is 106 Å². The van der Waals surface area contributed by atoms with Gasteiger partial charge in [-0.3, -0.25) is 14.4 Å². The van der Waals surface area contributed by atoms with E-state index in [-0.39, 0.29) is 23.8 Å². The highest BCUT2D eigenvalue weighted by Crippen LogP contribution is 2.36. The number of nitrogens with zero attached hydrogens (tertiary/aromatic N) is 2. The summed E-state index contributed by atoms with van der Waals surface area (Å²) < 4.78 is 7.06. The molecule has 0 spiro atoms. The summed E-state index contributed by atoms with van der Waals surface area (Å²) in [5.74, 6) is -1.73. The number of anilines is 3. The number of nitrogens with one attached hydrogen (secondary N) is 1. The second-order valence-electron chi connectivity index (χ2n) is 9.75. The molecule has 4 aromatic rings. The topological polar surface area (TPSA) is 96.0 Å². The van der Waals surface area contributed by atoms with Crippen molar-refractivity contribution in [1.82, 2.24) is 0 Å². The minimum absolute atomic E-state index is 0.238. The smallest absolute Gasteiger partial charge is 0.343 e. The number of hydrogen-bond acceptors (Lipinski definition) is 5. The van der Waals surface area contributed by atoms with Crippen molar-refractivity contribution < 1.29 is 23.9 Å². The zero-order valence-corrected chi connectivity index (χ0v) is 26.3. The number of amides is 5. The van der Waals surface area contributed by atoms with Crippen LogP contribution < -0.4 is 19.9 Å². The van der Waals surface area contributed by atoms with Gasteiger partial charge < -0.3 is 10.1 Å². The van der Waals surface area contributed by atoms with Crippen molar-refractivity contribution in [2.45, 2.75) is 13.8 Å². The van der Waals surface area contributed by atoms with Crippen molar-refractivity contribution >= 4 is 78.8 Å². The minimum atomic E-state index is -0.792. The molecule has 1 fully saturated rings. The fourth-order valence-electron chi connectivity index (χ4n) is 4.53. The number of carbonyl (C=O) groups is 4. The molecule has 8 nitrogen and oxygen atoms in total. The Morgan fingerprint density at radius 2 is 1.40 bits per heavy atom. The number of benzene rings is 4. The van der Waals surface area contributed by atoms with E-state index in [0.717, 1.165) is 20.9 Å². The molecule has 0 unspecified atom stereocenters. The molecule has 1 N–H and O–H groups in total. The molecule has 216 valence electrons. The maximum Gasteiger partial charge on any atom is 0.343 e. The average molecular weight is 703 g/mol. The van der Waals surface area contributed by atoms with Gasteiger partial charge >= 0.3 is 6.03 Å². The van der Waals surface area contributed by atoms with Gasteiger partial charge in [-0.25, -0.2) is 14.6 Å². The van der Waals surface area contributed by atoms with Gasteiger partial charge in [-0.15, -0.1) is 0 Å². The summed E-state index contributed by atoms with van der Waals surface area (Å²) in [6.45, 7) is 3.49. The molecule has 0 aromatic heterocycles. The van der Waals surface area contributed by atoms with E-state index in [9.17, 15) is 19.2 Å². The predicted octanol–water partition coefficient (Wildman–Crippen LogP) is 7.43. The van der Waals surface area contributed by atoms with Gasteiger partial charge in [-0.05, 0) is 89.4 Å². The molecule has 0 radical (unpaired) electrons. The Hall–Kier alpha value is -4.54. The molecular formula is C33H25Br2N3O5. The summed E-state index contributed by atoms with van der Waals surface area (Å²) in [5.41, 5.74) is 3.29. The van der Waals surface area contributed by atoms with Gasteiger partial charge in [0.1, 0.15) is 11.3 Å². The molecule has 43 heavy (non-hydrogen) atoms. The number of carbonyl (C=O) groups excluding carboxylic acids is 4. The van der Waals surface area contributed by atoms with Crippen LogP contribution in [0.1, 0.15) is 16.7 Å². The maximum atomic E-state index is 13.8. The Kier molecular flexibility index (Phi) is 8.89. The van der Waals surface area contributed by atoms with Crippen LogP contribution in [0.3, 0.4) is 0 Å². The molecule has 4 aromatic carbocycles. The zero-order valence-electron chi connectivity index (χ0n) is 23.1. The third-order valence-corrected chi connectivity index (χ3v) is 7.68. The fraction of sp³-hybridized carbons (Fsp3) is 0.0909. The van der Waals surface area contributed by atoms with Gasteiger partial charge in [0.15, 0.2) is 6.61 Å². The monoisotopic (exact) mass is 701 g/mol. The molecule has 5 amide bonds. The molecule has 0 atom stereocenters. The van der Waals surface area contributed by atoms with Gasteiger partial charge in [0.05, 0.1) is 15.8 Å². The van der Waals surface area contributed by atoms with Crippen LogP contribution in [0.4, 0.5) is 21.9 Å². The fourth-order valence-corrected chi connectivity index (χ4v) is 5.90. The van der Waals surface area contributed by atoms with Crippen molar-refractivity contribution in [2.75, 3.05) is 21.7 Å². The van der Waals surface area contributed by atoms with Gasteiger partial charge in [0.25, 0.3) is 17.7 Å². The van der Waals surface area contributed by atoms with Crippen molar-refractivity contribution in [2.24, 2.45) is 0 Å². The molecule has 1 aliphatic rings. The Morgan fingerprint density at radius 1 is 0.814 bits per heavy atom. The number of hydrogen-bond donors (Lipinski definition) is 1. The lowest BCUT2D eigenvalue weighted by molar-refractivity contribution is -0.121. The number of aryl methyl sites for hydroxylation is 2. The predicted molar refractivity (Wildman–Crippen MR) is 173 cm³/mol. The molecular weight excluding hydrogens is 678 g/mol. The summed E-state index contributed by atoms with van der Waals surface area (Å²) in [7, 11) is 0. The van der Waals surface area contributed by atoms with Crippen molar-refractivity contribution in [3.8, 4) is 5.75 Å². The lowest BCUT2D eigenvalue weighted by Gasteiger charge is -2.34. The number of rotatable bonds is 7. The Balaban J connectivity index is 1.52. The van der Waals surface area contributed by atoms with E-state index in [4.69, 9.17) is 4.74 Å². The van der Waals surface area contributed by atoms with E-state index < -0.39 is 17.8 Å². The third kappa shape index (κ3) is 6.45. The molecule has 0 saturated carbocycles. The first-order chi connectivity index (χ1) is 20.6. The van der Waals surface area contributed by atoms with Gasteiger partial charge in [-0.2, -0.15) is 0 Å². The number of imide groups is 2. The van der Waals surface area contributed by atoms with Crippen LogP contribution in [0, 0.1) is 13.8 Å². The Bertz CT molecular complexity index is 1710. The standard InChI is InChI=1S/C33H25Br2N3O5/c1-20-13-14-21(2)28(15-20)36-29(39)19-43-30-22(16-23(34)18-27(30)35)17-26-31(40)37(24-9-5-3-6-10-24)33(42)38(32(26)41)25-11-7-4-8-12-25/h3-18H,19H2,1-2H3,(H,36,39). The number of para-hydroxylation sites is 2. The molecule has 10 heteroatoms. The second-order valence-corrected chi connectivity index (χ2v) is 11.5. The highest BCUT2D eigenvalue weighted by atomic mass is 79.9. The first kappa shape index (κ1) is 29.9. The van der Waals surface area contributed by atoms with Gasteiger partial charge in [-0.1, -0.05) is 64.5 Å². The quantitative estimate of drug-likeness (QED) is 0.160. The van der Waals surface area contributed by atoms with E-state index in [1.165, 1.54) is 6.08 Å².